The number of nitrogens with two attached hydrogens (primary N) is 1. The van der Waals surface area contributed by atoms with Gasteiger partial charge in [0.15, 0.2) is 0 Å². The molecule has 0 saturated heterocycles. The maximum Gasteiger partial charge on any atom is 0.0785 e. The van der Waals surface area contributed by atoms with Crippen LogP contribution < -0.4 is 5.73 Å². The van der Waals surface area contributed by atoms with Gasteiger partial charge in [0.2, 0.25) is 0 Å². The minimum absolute atomic E-state index is 0.194. The van der Waals surface area contributed by atoms with Crippen molar-refractivity contribution in [2.45, 2.75) is 38.1 Å². The maximum absolute atomic E-state index is 6.23. The van der Waals surface area contributed by atoms with E-state index in [0.29, 0.717) is 0 Å². The first-order valence-corrected chi connectivity index (χ1v) is 4.79. The van der Waals surface area contributed by atoms with E-state index in [2.05, 4.69) is 9.97 Å². The van der Waals surface area contributed by atoms with Crippen molar-refractivity contribution in [3.05, 3.63) is 23.8 Å². The second-order valence-electron chi connectivity index (χ2n) is 3.91. The molecule has 0 unspecified atom stereocenters. The predicted molar refractivity (Wildman–Crippen MR) is 51.1 cm³/mol. The summed E-state index contributed by atoms with van der Waals surface area (Å²) in [6.07, 6.45) is 8.14. The molecule has 2 N–H and O–H groups in total. The first kappa shape index (κ1) is 8.63. The van der Waals surface area contributed by atoms with Crippen molar-refractivity contribution in [3.63, 3.8) is 0 Å². The normalized spacial score (nSPS) is 20.5. The van der Waals surface area contributed by atoms with E-state index in [4.69, 9.17) is 5.73 Å². The van der Waals surface area contributed by atoms with E-state index in [1.165, 1.54) is 12.8 Å². The van der Waals surface area contributed by atoms with E-state index in [1.54, 1.807) is 6.20 Å². The molecule has 0 aliphatic heterocycles. The molecule has 1 aromatic heterocycles. The zero-order valence-corrected chi connectivity index (χ0v) is 7.95. The second kappa shape index (κ2) is 3.07. The number of hydrogen-bond acceptors (Lipinski definition) is 3. The Labute approximate surface area is 78.4 Å². The van der Waals surface area contributed by atoms with Crippen LogP contribution in [-0.4, -0.2) is 9.97 Å². The van der Waals surface area contributed by atoms with Crippen LogP contribution in [0.4, 0.5) is 0 Å². The van der Waals surface area contributed by atoms with E-state index in [1.807, 2.05) is 13.1 Å². The average molecular weight is 177 g/mol. The highest BCUT2D eigenvalue weighted by Gasteiger charge is 2.32. The first-order valence-electron chi connectivity index (χ1n) is 4.79. The van der Waals surface area contributed by atoms with E-state index in [0.717, 1.165) is 24.2 Å². The molecule has 0 aromatic carbocycles. The van der Waals surface area contributed by atoms with Gasteiger partial charge in [-0.1, -0.05) is 12.8 Å². The average Bonchev–Trinajstić information content (AvgIpc) is 2.54. The van der Waals surface area contributed by atoms with Crippen LogP contribution in [0, 0.1) is 6.92 Å². The Morgan fingerprint density at radius 3 is 2.46 bits per heavy atom. The summed E-state index contributed by atoms with van der Waals surface area (Å²) in [7, 11) is 0. The summed E-state index contributed by atoms with van der Waals surface area (Å²) >= 11 is 0. The lowest BCUT2D eigenvalue weighted by atomic mass is 9.95. The van der Waals surface area contributed by atoms with Gasteiger partial charge in [0.25, 0.3) is 0 Å². The van der Waals surface area contributed by atoms with E-state index in [-0.39, 0.29) is 5.54 Å². The maximum atomic E-state index is 6.23. The van der Waals surface area contributed by atoms with Crippen molar-refractivity contribution < 1.29 is 0 Å². The zero-order valence-electron chi connectivity index (χ0n) is 7.95. The van der Waals surface area contributed by atoms with Gasteiger partial charge in [-0.05, 0) is 19.8 Å². The van der Waals surface area contributed by atoms with Gasteiger partial charge in [-0.2, -0.15) is 0 Å². The fraction of sp³-hybridized carbons (Fsp3) is 0.600. The smallest absolute Gasteiger partial charge is 0.0785 e. The molecule has 3 heteroatoms. The number of rotatable bonds is 1. The first-order chi connectivity index (χ1) is 6.21. The van der Waals surface area contributed by atoms with Crippen molar-refractivity contribution in [2.24, 2.45) is 5.73 Å². The molecule has 0 amide bonds. The molecule has 0 bridgehead atoms. The van der Waals surface area contributed by atoms with Crippen LogP contribution in [0.25, 0.3) is 0 Å². The fourth-order valence-corrected chi connectivity index (χ4v) is 1.91. The Balaban J connectivity index is 2.29. The highest BCUT2D eigenvalue weighted by molar-refractivity contribution is 5.14. The minimum atomic E-state index is -0.194. The quantitative estimate of drug-likeness (QED) is 0.707. The van der Waals surface area contributed by atoms with Gasteiger partial charge in [-0.25, -0.2) is 0 Å². The van der Waals surface area contributed by atoms with Gasteiger partial charge in [0.05, 0.1) is 23.1 Å². The summed E-state index contributed by atoms with van der Waals surface area (Å²) in [5.74, 6) is 0. The molecule has 1 aliphatic rings. The number of aryl methyl sites for hydroxylation is 1. The molecule has 1 fully saturated rings. The van der Waals surface area contributed by atoms with Gasteiger partial charge in [-0.3, -0.25) is 9.97 Å². The summed E-state index contributed by atoms with van der Waals surface area (Å²) in [6, 6.07) is 0. The molecule has 0 radical (unpaired) electrons. The molecule has 1 heterocycles. The Bertz CT molecular complexity index is 286. The molecule has 0 spiro atoms. The molecule has 1 saturated carbocycles. The van der Waals surface area contributed by atoms with E-state index < -0.39 is 0 Å². The third kappa shape index (κ3) is 1.56. The molecule has 1 aromatic rings. The molecular weight excluding hydrogens is 162 g/mol. The summed E-state index contributed by atoms with van der Waals surface area (Å²) in [6.45, 7) is 1.94. The van der Waals surface area contributed by atoms with Gasteiger partial charge in [0.1, 0.15) is 0 Å². The fourth-order valence-electron chi connectivity index (χ4n) is 1.91. The summed E-state index contributed by atoms with van der Waals surface area (Å²) in [5, 5.41) is 0. The van der Waals surface area contributed by atoms with Crippen LogP contribution in [0.5, 0.6) is 0 Å². The lowest BCUT2D eigenvalue weighted by Gasteiger charge is -2.21. The lowest BCUT2D eigenvalue weighted by molar-refractivity contribution is 0.445. The van der Waals surface area contributed by atoms with Crippen molar-refractivity contribution in [1.82, 2.24) is 9.97 Å². The Hall–Kier alpha value is -0.960. The van der Waals surface area contributed by atoms with Gasteiger partial charge < -0.3 is 5.73 Å². The van der Waals surface area contributed by atoms with Crippen molar-refractivity contribution in [1.29, 1.82) is 0 Å². The highest BCUT2D eigenvalue weighted by Crippen LogP contribution is 2.34. The monoisotopic (exact) mass is 177 g/mol. The molecule has 2 rings (SSSR count). The summed E-state index contributed by atoms with van der Waals surface area (Å²) in [5.41, 5.74) is 7.94. The molecule has 1 aliphatic carbocycles. The number of hydrogen-bond donors (Lipinski definition) is 1. The lowest BCUT2D eigenvalue weighted by Crippen LogP contribution is -2.34. The van der Waals surface area contributed by atoms with E-state index in [9.17, 15) is 0 Å². The van der Waals surface area contributed by atoms with E-state index >= 15 is 0 Å². The standard InChI is InChI=1S/C10H15N3/c1-8-6-13-9(7-12-8)10(11)4-2-3-5-10/h6-7H,2-5,11H2,1H3. The topological polar surface area (TPSA) is 51.8 Å². The van der Waals surface area contributed by atoms with Crippen LogP contribution >= 0.6 is 0 Å². The van der Waals surface area contributed by atoms with Gasteiger partial charge in [-0.15, -0.1) is 0 Å². The van der Waals surface area contributed by atoms with Crippen LogP contribution in [0.2, 0.25) is 0 Å². The van der Waals surface area contributed by atoms with Crippen LogP contribution in [0.15, 0.2) is 12.4 Å². The number of aromatic nitrogens is 2. The minimum Gasteiger partial charge on any atom is -0.320 e. The van der Waals surface area contributed by atoms with Crippen LogP contribution in [-0.2, 0) is 5.54 Å². The molecule has 0 atom stereocenters. The third-order valence-electron chi connectivity index (χ3n) is 2.79. The Kier molecular flexibility index (Phi) is 2.04. The van der Waals surface area contributed by atoms with Crippen LogP contribution in [0.1, 0.15) is 37.1 Å². The molecular formula is C10H15N3. The van der Waals surface area contributed by atoms with Crippen molar-refractivity contribution in [3.8, 4) is 0 Å². The van der Waals surface area contributed by atoms with Crippen molar-refractivity contribution in [2.75, 3.05) is 0 Å². The zero-order chi connectivity index (χ0) is 9.31. The highest BCUT2D eigenvalue weighted by atomic mass is 14.9. The molecule has 3 nitrogen and oxygen atoms in total. The Morgan fingerprint density at radius 1 is 1.23 bits per heavy atom. The van der Waals surface area contributed by atoms with Gasteiger partial charge >= 0.3 is 0 Å². The largest absolute Gasteiger partial charge is 0.320 e. The van der Waals surface area contributed by atoms with Gasteiger partial charge in [0, 0.05) is 6.20 Å². The SMILES string of the molecule is Cc1cnc(C2(N)CCCC2)cn1. The summed E-state index contributed by atoms with van der Waals surface area (Å²) in [4.78, 5) is 8.57. The summed E-state index contributed by atoms with van der Waals surface area (Å²) < 4.78 is 0. The number of nitrogens with zero attached hydrogens (tertiary/aromatic N) is 2. The Morgan fingerprint density at radius 2 is 1.92 bits per heavy atom. The predicted octanol–water partition coefficient (Wildman–Crippen LogP) is 1.51. The second-order valence-corrected chi connectivity index (χ2v) is 3.91. The van der Waals surface area contributed by atoms with Crippen molar-refractivity contribution >= 4 is 0 Å². The van der Waals surface area contributed by atoms with Crippen LogP contribution in [0.3, 0.4) is 0 Å². The molecule has 13 heavy (non-hydrogen) atoms. The molecule has 70 valence electrons. The third-order valence-corrected chi connectivity index (χ3v) is 2.79.